The molecule has 0 spiro atoms. The summed E-state index contributed by atoms with van der Waals surface area (Å²) in [7, 11) is 0. The number of halogens is 6. The van der Waals surface area contributed by atoms with Gasteiger partial charge in [0, 0.05) is 28.2 Å². The number of hydrogen-bond acceptors (Lipinski definition) is 3. The van der Waals surface area contributed by atoms with Crippen LogP contribution in [0.2, 0.25) is 0 Å². The summed E-state index contributed by atoms with van der Waals surface area (Å²) in [6.45, 7) is 3.33. The number of pyridine rings is 1. The Balaban J connectivity index is 2.18. The van der Waals surface area contributed by atoms with Gasteiger partial charge in [-0.25, -0.2) is 0 Å². The van der Waals surface area contributed by atoms with Gasteiger partial charge in [-0.3, -0.25) is 4.79 Å². The Morgan fingerprint density at radius 1 is 1.18 bits per heavy atom. The first-order chi connectivity index (χ1) is 12.7. The maximum atomic E-state index is 13.4. The first kappa shape index (κ1) is 20.5. The smallest absolute Gasteiger partial charge is 0.382 e. The molecule has 3 rings (SSSR count). The van der Waals surface area contributed by atoms with E-state index < -0.39 is 41.2 Å². The van der Waals surface area contributed by atoms with Crippen molar-refractivity contribution in [3.05, 3.63) is 40.2 Å². The van der Waals surface area contributed by atoms with Crippen LogP contribution in [0.4, 0.5) is 32.0 Å². The predicted molar refractivity (Wildman–Crippen MR) is 91.2 cm³/mol. The zero-order valence-electron chi connectivity index (χ0n) is 14.9. The van der Waals surface area contributed by atoms with E-state index in [1.807, 2.05) is 0 Å². The molecule has 0 radical (unpaired) electrons. The number of alkyl halides is 6. The highest BCUT2D eigenvalue weighted by atomic mass is 19.4. The lowest BCUT2D eigenvalue weighted by Crippen LogP contribution is -2.52. The molecular formula is C18H18F6N2O2. The number of hydrogen-bond donors (Lipinski definition) is 2. The topological polar surface area (TPSA) is 56.3 Å². The number of aromatic nitrogens is 1. The van der Waals surface area contributed by atoms with Crippen LogP contribution < -0.4 is 10.5 Å². The summed E-state index contributed by atoms with van der Waals surface area (Å²) >= 11 is 0. The van der Waals surface area contributed by atoms with Crippen molar-refractivity contribution >= 4 is 16.6 Å². The minimum Gasteiger partial charge on any atom is -0.382 e. The molecule has 2 N–H and O–H groups in total. The van der Waals surface area contributed by atoms with Crippen molar-refractivity contribution < 1.29 is 31.4 Å². The van der Waals surface area contributed by atoms with Crippen molar-refractivity contribution in [1.29, 1.82) is 0 Å². The SMILES string of the molecule is CC1(C)CC[C@H](C(O)C(F)(F)F)N1c1ccc2[nH]c(=O)cc(C(F)(F)F)c2c1. The van der Waals surface area contributed by atoms with E-state index in [9.17, 15) is 36.2 Å². The number of benzene rings is 1. The summed E-state index contributed by atoms with van der Waals surface area (Å²) in [5.41, 5.74) is -2.88. The zero-order chi connectivity index (χ0) is 21.1. The van der Waals surface area contributed by atoms with Crippen molar-refractivity contribution in [3.63, 3.8) is 0 Å². The summed E-state index contributed by atoms with van der Waals surface area (Å²) in [5, 5.41) is 9.46. The van der Waals surface area contributed by atoms with Gasteiger partial charge in [-0.1, -0.05) is 0 Å². The second-order valence-electron chi connectivity index (χ2n) is 7.55. The van der Waals surface area contributed by atoms with Gasteiger partial charge in [-0.05, 0) is 44.9 Å². The lowest BCUT2D eigenvalue weighted by atomic mass is 10.0. The molecule has 4 nitrogen and oxygen atoms in total. The second-order valence-corrected chi connectivity index (χ2v) is 7.55. The van der Waals surface area contributed by atoms with Crippen LogP contribution in [0.1, 0.15) is 32.3 Å². The summed E-state index contributed by atoms with van der Waals surface area (Å²) in [6.07, 6.45) is -12.0. The van der Waals surface area contributed by atoms with E-state index >= 15 is 0 Å². The third-order valence-corrected chi connectivity index (χ3v) is 5.15. The van der Waals surface area contributed by atoms with Gasteiger partial charge in [0.2, 0.25) is 5.56 Å². The molecule has 1 aromatic carbocycles. The molecule has 0 saturated carbocycles. The maximum Gasteiger partial charge on any atom is 0.417 e. The molecule has 1 unspecified atom stereocenters. The zero-order valence-corrected chi connectivity index (χ0v) is 14.9. The predicted octanol–water partition coefficient (Wildman–Crippen LogP) is 4.22. The third kappa shape index (κ3) is 3.57. The second kappa shape index (κ2) is 6.40. The molecular weight excluding hydrogens is 390 g/mol. The largest absolute Gasteiger partial charge is 0.417 e. The molecule has 2 atom stereocenters. The van der Waals surface area contributed by atoms with E-state index in [1.54, 1.807) is 13.8 Å². The Bertz CT molecular complexity index is 948. The van der Waals surface area contributed by atoms with E-state index in [4.69, 9.17) is 0 Å². The van der Waals surface area contributed by atoms with Crippen LogP contribution in [-0.2, 0) is 6.18 Å². The molecule has 0 bridgehead atoms. The third-order valence-electron chi connectivity index (χ3n) is 5.15. The minimum atomic E-state index is -4.86. The number of nitrogens with zero attached hydrogens (tertiary/aromatic N) is 1. The molecule has 0 amide bonds. The number of nitrogens with one attached hydrogen (secondary N) is 1. The van der Waals surface area contributed by atoms with Crippen LogP contribution in [0.15, 0.2) is 29.1 Å². The van der Waals surface area contributed by atoms with Gasteiger partial charge in [-0.15, -0.1) is 0 Å². The monoisotopic (exact) mass is 408 g/mol. The number of fused-ring (bicyclic) bond motifs is 1. The highest BCUT2D eigenvalue weighted by Crippen LogP contribution is 2.43. The molecule has 1 aliphatic rings. The number of aliphatic hydroxyl groups excluding tert-OH is 1. The van der Waals surface area contributed by atoms with Crippen LogP contribution in [0.3, 0.4) is 0 Å². The summed E-state index contributed by atoms with van der Waals surface area (Å²) in [4.78, 5) is 15.1. The number of aliphatic hydroxyl groups is 1. The summed E-state index contributed by atoms with van der Waals surface area (Å²) < 4.78 is 79.4. The molecule has 154 valence electrons. The van der Waals surface area contributed by atoms with Crippen molar-refractivity contribution in [3.8, 4) is 0 Å². The van der Waals surface area contributed by atoms with Crippen LogP contribution >= 0.6 is 0 Å². The molecule has 28 heavy (non-hydrogen) atoms. The minimum absolute atomic E-state index is 0.0312. The van der Waals surface area contributed by atoms with E-state index in [1.165, 1.54) is 17.0 Å². The quantitative estimate of drug-likeness (QED) is 0.732. The van der Waals surface area contributed by atoms with E-state index in [-0.39, 0.29) is 23.0 Å². The molecule has 1 fully saturated rings. The first-order valence-electron chi connectivity index (χ1n) is 8.50. The first-order valence-corrected chi connectivity index (χ1v) is 8.50. The lowest BCUT2D eigenvalue weighted by Gasteiger charge is -2.40. The maximum absolute atomic E-state index is 13.4. The van der Waals surface area contributed by atoms with Crippen LogP contribution in [0.25, 0.3) is 10.9 Å². The fraction of sp³-hybridized carbons (Fsp3) is 0.500. The molecule has 1 aliphatic heterocycles. The van der Waals surface area contributed by atoms with Crippen molar-refractivity contribution in [2.24, 2.45) is 0 Å². The van der Waals surface area contributed by atoms with Gasteiger partial charge >= 0.3 is 12.4 Å². The standard InChI is InChI=1S/C18H18F6N2O2/c1-16(2)6-5-13(15(28)18(22,23)24)26(16)9-3-4-12-10(7-9)11(17(19,20)21)8-14(27)25-12/h3-4,7-8,13,15,28H,5-6H2,1-2H3,(H,25,27)/t13-,15?/m1/s1. The Morgan fingerprint density at radius 3 is 2.39 bits per heavy atom. The normalized spacial score (nSPS) is 21.3. The van der Waals surface area contributed by atoms with Crippen molar-refractivity contribution in [1.82, 2.24) is 4.98 Å². The lowest BCUT2D eigenvalue weighted by molar-refractivity contribution is -0.209. The van der Waals surface area contributed by atoms with Crippen LogP contribution in [-0.4, -0.2) is 34.0 Å². The highest BCUT2D eigenvalue weighted by molar-refractivity contribution is 5.86. The van der Waals surface area contributed by atoms with Crippen molar-refractivity contribution in [2.45, 2.75) is 56.7 Å². The number of H-pyrrole nitrogens is 1. The molecule has 1 saturated heterocycles. The number of rotatable bonds is 2. The Labute approximate surface area is 155 Å². The molecule has 2 aromatic rings. The van der Waals surface area contributed by atoms with Gasteiger partial charge in [0.15, 0.2) is 6.10 Å². The van der Waals surface area contributed by atoms with Crippen LogP contribution in [0.5, 0.6) is 0 Å². The van der Waals surface area contributed by atoms with Gasteiger partial charge in [0.25, 0.3) is 0 Å². The van der Waals surface area contributed by atoms with Gasteiger partial charge < -0.3 is 15.0 Å². The van der Waals surface area contributed by atoms with E-state index in [0.717, 1.165) is 6.07 Å². The van der Waals surface area contributed by atoms with Gasteiger partial charge in [0.1, 0.15) is 0 Å². The molecule has 1 aromatic heterocycles. The van der Waals surface area contributed by atoms with Crippen LogP contribution in [0, 0.1) is 0 Å². The summed E-state index contributed by atoms with van der Waals surface area (Å²) in [6, 6.07) is 2.78. The number of anilines is 1. The number of aromatic amines is 1. The Hall–Kier alpha value is -2.23. The fourth-order valence-corrected chi connectivity index (χ4v) is 3.88. The van der Waals surface area contributed by atoms with E-state index in [2.05, 4.69) is 4.98 Å². The fourth-order valence-electron chi connectivity index (χ4n) is 3.88. The van der Waals surface area contributed by atoms with Gasteiger partial charge in [0.05, 0.1) is 11.6 Å². The molecule has 10 heteroatoms. The Morgan fingerprint density at radius 2 is 1.82 bits per heavy atom. The molecule has 2 heterocycles. The van der Waals surface area contributed by atoms with E-state index in [0.29, 0.717) is 12.5 Å². The summed E-state index contributed by atoms with van der Waals surface area (Å²) in [5.74, 6) is 0. The Kier molecular flexibility index (Phi) is 4.68. The average molecular weight is 408 g/mol. The van der Waals surface area contributed by atoms with Crippen molar-refractivity contribution in [2.75, 3.05) is 4.90 Å². The average Bonchev–Trinajstić information content (AvgIpc) is 2.86. The highest BCUT2D eigenvalue weighted by Gasteiger charge is 2.51. The molecule has 0 aliphatic carbocycles. The van der Waals surface area contributed by atoms with Gasteiger partial charge in [-0.2, -0.15) is 26.3 Å².